The van der Waals surface area contributed by atoms with Crippen molar-refractivity contribution in [3.63, 3.8) is 0 Å². The normalized spacial score (nSPS) is 12.3. The Hall–Kier alpha value is -1.30. The predicted molar refractivity (Wildman–Crippen MR) is 77.0 cm³/mol. The molecule has 7 heteroatoms. The number of furan rings is 1. The van der Waals surface area contributed by atoms with Crippen LogP contribution < -0.4 is 0 Å². The summed E-state index contributed by atoms with van der Waals surface area (Å²) in [5.41, 5.74) is 0.499. The maximum atomic E-state index is 12.2. The van der Waals surface area contributed by atoms with E-state index in [0.717, 1.165) is 0 Å². The molecule has 0 aliphatic rings. The topological polar surface area (TPSA) is 67.5 Å². The van der Waals surface area contributed by atoms with E-state index in [0.29, 0.717) is 26.3 Å². The Morgan fingerprint density at radius 1 is 1.30 bits per heavy atom. The Labute approximate surface area is 127 Å². The third kappa shape index (κ3) is 3.23. The van der Waals surface area contributed by atoms with E-state index in [2.05, 4.69) is 0 Å². The standard InChI is InChI=1S/C13H10Cl2O4S/c1-7-4-8(19-12(7)13(16)17)6-20(18)9-2-3-10(14)11(15)5-9/h2-5H,6H2,1H3,(H,16,17). The number of aromatic carboxylic acids is 1. The van der Waals surface area contributed by atoms with Crippen LogP contribution in [0.1, 0.15) is 21.9 Å². The quantitative estimate of drug-likeness (QED) is 0.921. The summed E-state index contributed by atoms with van der Waals surface area (Å²) in [6.45, 7) is 1.62. The molecule has 0 aliphatic carbocycles. The number of halogens is 2. The monoisotopic (exact) mass is 332 g/mol. The molecule has 20 heavy (non-hydrogen) atoms. The maximum Gasteiger partial charge on any atom is 0.372 e. The van der Waals surface area contributed by atoms with E-state index in [9.17, 15) is 9.00 Å². The minimum absolute atomic E-state index is 0.0755. The molecular weight excluding hydrogens is 323 g/mol. The highest BCUT2D eigenvalue weighted by molar-refractivity contribution is 7.84. The van der Waals surface area contributed by atoms with Crippen LogP contribution in [0.5, 0.6) is 0 Å². The summed E-state index contributed by atoms with van der Waals surface area (Å²) in [4.78, 5) is 11.4. The first-order chi connectivity index (χ1) is 9.38. The lowest BCUT2D eigenvalue weighted by Gasteiger charge is -2.02. The van der Waals surface area contributed by atoms with Crippen LogP contribution in [0.15, 0.2) is 33.6 Å². The first-order valence-corrected chi connectivity index (χ1v) is 7.62. The van der Waals surface area contributed by atoms with Gasteiger partial charge in [0.15, 0.2) is 0 Å². The van der Waals surface area contributed by atoms with Crippen LogP contribution in [0.3, 0.4) is 0 Å². The lowest BCUT2D eigenvalue weighted by Crippen LogP contribution is -1.96. The molecule has 0 fully saturated rings. The van der Waals surface area contributed by atoms with Gasteiger partial charge in [0.1, 0.15) is 5.76 Å². The van der Waals surface area contributed by atoms with Gasteiger partial charge in [-0.1, -0.05) is 23.2 Å². The van der Waals surface area contributed by atoms with E-state index in [1.165, 1.54) is 6.07 Å². The summed E-state index contributed by atoms with van der Waals surface area (Å²) < 4.78 is 17.3. The van der Waals surface area contributed by atoms with E-state index in [4.69, 9.17) is 32.7 Å². The maximum absolute atomic E-state index is 12.2. The van der Waals surface area contributed by atoms with E-state index in [1.807, 2.05) is 0 Å². The molecule has 0 bridgehead atoms. The molecule has 1 atom stereocenters. The molecule has 1 unspecified atom stereocenters. The van der Waals surface area contributed by atoms with Gasteiger partial charge in [0, 0.05) is 10.5 Å². The van der Waals surface area contributed by atoms with E-state index < -0.39 is 16.8 Å². The van der Waals surface area contributed by atoms with Gasteiger partial charge in [-0.25, -0.2) is 4.79 Å². The highest BCUT2D eigenvalue weighted by Gasteiger charge is 2.16. The van der Waals surface area contributed by atoms with Gasteiger partial charge in [-0.15, -0.1) is 0 Å². The molecule has 0 spiro atoms. The number of rotatable bonds is 4. The lowest BCUT2D eigenvalue weighted by atomic mass is 10.3. The Bertz CT molecular complexity index is 694. The smallest absolute Gasteiger partial charge is 0.372 e. The highest BCUT2D eigenvalue weighted by atomic mass is 35.5. The second-order valence-electron chi connectivity index (χ2n) is 4.10. The number of carboxylic acids is 1. The molecule has 0 saturated heterocycles. The first-order valence-electron chi connectivity index (χ1n) is 5.54. The fourth-order valence-electron chi connectivity index (χ4n) is 1.66. The molecule has 1 heterocycles. The average Bonchev–Trinajstić information content (AvgIpc) is 2.73. The van der Waals surface area contributed by atoms with Gasteiger partial charge in [-0.05, 0) is 31.2 Å². The van der Waals surface area contributed by atoms with Crippen molar-refractivity contribution >= 4 is 40.0 Å². The van der Waals surface area contributed by atoms with Crippen LogP contribution in [-0.2, 0) is 16.6 Å². The van der Waals surface area contributed by atoms with Gasteiger partial charge < -0.3 is 9.52 Å². The summed E-state index contributed by atoms with van der Waals surface area (Å²) >= 11 is 11.7. The zero-order valence-electron chi connectivity index (χ0n) is 10.4. The largest absolute Gasteiger partial charge is 0.475 e. The van der Waals surface area contributed by atoms with Crippen molar-refractivity contribution in [2.24, 2.45) is 0 Å². The highest BCUT2D eigenvalue weighted by Crippen LogP contribution is 2.25. The number of hydrogen-bond acceptors (Lipinski definition) is 3. The van der Waals surface area contributed by atoms with Crippen LogP contribution in [0.4, 0.5) is 0 Å². The van der Waals surface area contributed by atoms with Crippen molar-refractivity contribution in [2.75, 3.05) is 0 Å². The van der Waals surface area contributed by atoms with Crippen LogP contribution in [0, 0.1) is 6.92 Å². The predicted octanol–water partition coefficient (Wildman–Crippen LogP) is 3.90. The third-order valence-corrected chi connectivity index (χ3v) is 4.66. The zero-order valence-corrected chi connectivity index (χ0v) is 12.7. The van der Waals surface area contributed by atoms with Gasteiger partial charge in [0.2, 0.25) is 5.76 Å². The fraction of sp³-hybridized carbons (Fsp3) is 0.154. The Morgan fingerprint density at radius 3 is 2.55 bits per heavy atom. The number of benzene rings is 1. The van der Waals surface area contributed by atoms with Gasteiger partial charge in [-0.3, -0.25) is 4.21 Å². The first kappa shape index (κ1) is 15.1. The molecule has 0 radical (unpaired) electrons. The second kappa shape index (κ2) is 5.99. The van der Waals surface area contributed by atoms with Gasteiger partial charge in [0.25, 0.3) is 0 Å². The second-order valence-corrected chi connectivity index (χ2v) is 6.36. The van der Waals surface area contributed by atoms with Crippen LogP contribution >= 0.6 is 23.2 Å². The number of aryl methyl sites for hydroxylation is 1. The minimum Gasteiger partial charge on any atom is -0.475 e. The number of hydrogen-bond donors (Lipinski definition) is 1. The van der Waals surface area contributed by atoms with E-state index >= 15 is 0 Å². The molecule has 0 aliphatic heterocycles. The summed E-state index contributed by atoms with van der Waals surface area (Å²) in [5.74, 6) is -0.851. The van der Waals surface area contributed by atoms with E-state index in [-0.39, 0.29) is 11.5 Å². The minimum atomic E-state index is -1.39. The van der Waals surface area contributed by atoms with Crippen molar-refractivity contribution < 1.29 is 18.5 Å². The van der Waals surface area contributed by atoms with Crippen molar-refractivity contribution in [3.8, 4) is 0 Å². The Balaban J connectivity index is 2.21. The van der Waals surface area contributed by atoms with Crippen molar-refractivity contribution in [1.29, 1.82) is 0 Å². The Kier molecular flexibility index (Phi) is 4.52. The number of carbonyl (C=O) groups is 1. The van der Waals surface area contributed by atoms with E-state index in [1.54, 1.807) is 25.1 Å². The summed E-state index contributed by atoms with van der Waals surface area (Å²) in [5, 5.41) is 9.60. The summed E-state index contributed by atoms with van der Waals surface area (Å²) in [7, 11) is -1.39. The zero-order chi connectivity index (χ0) is 14.9. The molecular formula is C13H10Cl2O4S. The molecule has 4 nitrogen and oxygen atoms in total. The number of carboxylic acid groups (broad SMARTS) is 1. The molecule has 1 N–H and O–H groups in total. The molecule has 0 saturated carbocycles. The SMILES string of the molecule is Cc1cc(CS(=O)c2ccc(Cl)c(Cl)c2)oc1C(=O)O. The molecule has 0 amide bonds. The molecule has 106 valence electrons. The van der Waals surface area contributed by atoms with Crippen LogP contribution in [0.2, 0.25) is 10.0 Å². The van der Waals surface area contributed by atoms with Crippen molar-refractivity contribution in [1.82, 2.24) is 0 Å². The van der Waals surface area contributed by atoms with Crippen LogP contribution in [0.25, 0.3) is 0 Å². The fourth-order valence-corrected chi connectivity index (χ4v) is 3.06. The summed E-state index contributed by atoms with van der Waals surface area (Å²) in [6, 6.07) is 6.26. The van der Waals surface area contributed by atoms with Crippen LogP contribution in [-0.4, -0.2) is 15.3 Å². The van der Waals surface area contributed by atoms with Gasteiger partial charge in [-0.2, -0.15) is 0 Å². The third-order valence-electron chi connectivity index (χ3n) is 2.59. The molecule has 2 aromatic rings. The lowest BCUT2D eigenvalue weighted by molar-refractivity contribution is 0.0659. The average molecular weight is 333 g/mol. The summed E-state index contributed by atoms with van der Waals surface area (Å²) in [6.07, 6.45) is 0. The Morgan fingerprint density at radius 2 is 2.00 bits per heavy atom. The van der Waals surface area contributed by atoms with Gasteiger partial charge in [0.05, 0.1) is 26.6 Å². The molecule has 2 rings (SSSR count). The van der Waals surface area contributed by atoms with Crippen molar-refractivity contribution in [2.45, 2.75) is 17.6 Å². The van der Waals surface area contributed by atoms with Gasteiger partial charge >= 0.3 is 5.97 Å². The molecule has 1 aromatic heterocycles. The molecule has 1 aromatic carbocycles. The van der Waals surface area contributed by atoms with Crippen molar-refractivity contribution in [3.05, 3.63) is 51.4 Å².